The van der Waals surface area contributed by atoms with E-state index in [1.165, 1.54) is 0 Å². The zero-order valence-electron chi connectivity index (χ0n) is 8.08. The third-order valence-electron chi connectivity index (χ3n) is 1.75. The average molecular weight is 177 g/mol. The molecule has 0 unspecified atom stereocenters. The van der Waals surface area contributed by atoms with Gasteiger partial charge in [-0.05, 0) is 31.2 Å². The minimum Gasteiger partial charge on any atom is -0.497 e. The second-order valence-corrected chi connectivity index (χ2v) is 2.68. The minimum absolute atomic E-state index is 0.864. The summed E-state index contributed by atoms with van der Waals surface area (Å²) < 4.78 is 5.05. The maximum Gasteiger partial charge on any atom is 0.119 e. The number of anilines is 1. The third-order valence-corrected chi connectivity index (χ3v) is 1.75. The molecule has 0 spiro atoms. The monoisotopic (exact) mass is 177 g/mol. The lowest BCUT2D eigenvalue weighted by Gasteiger charge is -2.04. The summed E-state index contributed by atoms with van der Waals surface area (Å²) in [5.41, 5.74) is 1.11. The first-order chi connectivity index (χ1) is 6.36. The van der Waals surface area contributed by atoms with Gasteiger partial charge < -0.3 is 10.1 Å². The van der Waals surface area contributed by atoms with Crippen LogP contribution in [0.1, 0.15) is 6.92 Å². The number of ether oxygens (including phenoxy) is 1. The number of hydrogen-bond acceptors (Lipinski definition) is 2. The smallest absolute Gasteiger partial charge is 0.119 e. The number of rotatable bonds is 4. The lowest BCUT2D eigenvalue weighted by molar-refractivity contribution is 0.415. The van der Waals surface area contributed by atoms with Crippen molar-refractivity contribution in [1.82, 2.24) is 0 Å². The van der Waals surface area contributed by atoms with E-state index in [9.17, 15) is 0 Å². The van der Waals surface area contributed by atoms with Gasteiger partial charge in [0.2, 0.25) is 0 Å². The van der Waals surface area contributed by atoms with Gasteiger partial charge in [0.25, 0.3) is 0 Å². The van der Waals surface area contributed by atoms with E-state index in [0.717, 1.165) is 18.0 Å². The molecule has 0 bridgehead atoms. The molecule has 0 aromatic heterocycles. The molecule has 0 aliphatic carbocycles. The number of hydrogen-bond donors (Lipinski definition) is 1. The highest BCUT2D eigenvalue weighted by atomic mass is 16.5. The first-order valence-corrected chi connectivity index (χ1v) is 4.36. The Labute approximate surface area is 79.2 Å². The van der Waals surface area contributed by atoms with E-state index in [1.54, 1.807) is 7.11 Å². The molecule has 1 aromatic carbocycles. The van der Waals surface area contributed by atoms with Gasteiger partial charge in [0, 0.05) is 12.2 Å². The van der Waals surface area contributed by atoms with Crippen LogP contribution in [0.2, 0.25) is 0 Å². The van der Waals surface area contributed by atoms with Crippen LogP contribution in [0.3, 0.4) is 0 Å². The Balaban J connectivity index is 2.49. The van der Waals surface area contributed by atoms with E-state index >= 15 is 0 Å². The Hall–Kier alpha value is -1.44. The maximum atomic E-state index is 5.05. The lowest BCUT2D eigenvalue weighted by atomic mass is 10.3. The molecule has 0 atom stereocenters. The summed E-state index contributed by atoms with van der Waals surface area (Å²) in [5.74, 6) is 0.886. The van der Waals surface area contributed by atoms with Crippen LogP contribution < -0.4 is 10.1 Å². The molecule has 1 rings (SSSR count). The molecule has 1 aromatic rings. The molecule has 0 saturated heterocycles. The summed E-state index contributed by atoms with van der Waals surface area (Å²) in [5, 5.41) is 3.25. The molecule has 0 heterocycles. The number of methoxy groups -OCH3 is 1. The van der Waals surface area contributed by atoms with Gasteiger partial charge in [-0.15, -0.1) is 0 Å². The Bertz CT molecular complexity index is 264. The van der Waals surface area contributed by atoms with Gasteiger partial charge in [-0.1, -0.05) is 12.2 Å². The van der Waals surface area contributed by atoms with Gasteiger partial charge in [0.1, 0.15) is 5.75 Å². The first-order valence-electron chi connectivity index (χ1n) is 4.36. The minimum atomic E-state index is 0.864. The normalized spacial score (nSPS) is 10.3. The SMILES string of the molecule is C/C=C/CNc1ccc(OC)cc1. The van der Waals surface area contributed by atoms with E-state index in [0.29, 0.717) is 0 Å². The molecule has 0 radical (unpaired) electrons. The molecular weight excluding hydrogens is 162 g/mol. The van der Waals surface area contributed by atoms with Crippen molar-refractivity contribution < 1.29 is 4.74 Å². The van der Waals surface area contributed by atoms with Crippen LogP contribution in [-0.2, 0) is 0 Å². The topological polar surface area (TPSA) is 21.3 Å². The van der Waals surface area contributed by atoms with Gasteiger partial charge in [0.15, 0.2) is 0 Å². The van der Waals surface area contributed by atoms with E-state index < -0.39 is 0 Å². The average Bonchev–Trinajstić information content (AvgIpc) is 2.19. The van der Waals surface area contributed by atoms with Gasteiger partial charge >= 0.3 is 0 Å². The number of nitrogens with one attached hydrogen (secondary N) is 1. The van der Waals surface area contributed by atoms with Crippen molar-refractivity contribution in [2.75, 3.05) is 19.0 Å². The van der Waals surface area contributed by atoms with Crippen molar-refractivity contribution in [1.29, 1.82) is 0 Å². The summed E-state index contributed by atoms with van der Waals surface area (Å²) in [6.45, 7) is 2.87. The second kappa shape index (κ2) is 5.25. The zero-order chi connectivity index (χ0) is 9.52. The zero-order valence-corrected chi connectivity index (χ0v) is 8.08. The van der Waals surface area contributed by atoms with Gasteiger partial charge in [-0.3, -0.25) is 0 Å². The highest BCUT2D eigenvalue weighted by molar-refractivity contribution is 5.46. The Morgan fingerprint density at radius 3 is 2.54 bits per heavy atom. The van der Waals surface area contributed by atoms with Crippen molar-refractivity contribution in [3.63, 3.8) is 0 Å². The van der Waals surface area contributed by atoms with Crippen LogP contribution in [0.5, 0.6) is 5.75 Å². The first kappa shape index (κ1) is 9.65. The van der Waals surface area contributed by atoms with Crippen LogP contribution in [0, 0.1) is 0 Å². The standard InChI is InChI=1S/C11H15NO/c1-3-4-9-12-10-5-7-11(13-2)8-6-10/h3-8,12H,9H2,1-2H3/b4-3+. The lowest BCUT2D eigenvalue weighted by Crippen LogP contribution is -1.97. The molecular formula is C11H15NO. The largest absolute Gasteiger partial charge is 0.497 e. The molecule has 2 nitrogen and oxygen atoms in total. The van der Waals surface area contributed by atoms with Gasteiger partial charge in [0.05, 0.1) is 7.11 Å². The van der Waals surface area contributed by atoms with Crippen molar-refractivity contribution in [2.24, 2.45) is 0 Å². The van der Waals surface area contributed by atoms with E-state index in [1.807, 2.05) is 37.3 Å². The predicted molar refractivity (Wildman–Crippen MR) is 56.3 cm³/mol. The Morgan fingerprint density at radius 1 is 1.31 bits per heavy atom. The Kier molecular flexibility index (Phi) is 3.89. The summed E-state index contributed by atoms with van der Waals surface area (Å²) in [6, 6.07) is 7.89. The highest BCUT2D eigenvalue weighted by Crippen LogP contribution is 2.14. The predicted octanol–water partition coefficient (Wildman–Crippen LogP) is 2.68. The molecule has 70 valence electrons. The molecule has 0 saturated carbocycles. The molecule has 0 aliphatic rings. The molecule has 2 heteroatoms. The van der Waals surface area contributed by atoms with Crippen molar-refractivity contribution in [3.05, 3.63) is 36.4 Å². The molecule has 1 N–H and O–H groups in total. The van der Waals surface area contributed by atoms with Gasteiger partial charge in [-0.25, -0.2) is 0 Å². The van der Waals surface area contributed by atoms with Crippen LogP contribution in [0.15, 0.2) is 36.4 Å². The number of benzene rings is 1. The van der Waals surface area contributed by atoms with Gasteiger partial charge in [-0.2, -0.15) is 0 Å². The third kappa shape index (κ3) is 3.20. The Morgan fingerprint density at radius 2 is 2.00 bits per heavy atom. The van der Waals surface area contributed by atoms with E-state index in [4.69, 9.17) is 4.74 Å². The summed E-state index contributed by atoms with van der Waals surface area (Å²) >= 11 is 0. The van der Waals surface area contributed by atoms with Crippen molar-refractivity contribution >= 4 is 5.69 Å². The fraction of sp³-hybridized carbons (Fsp3) is 0.273. The van der Waals surface area contributed by atoms with Crippen LogP contribution in [-0.4, -0.2) is 13.7 Å². The molecule has 0 fully saturated rings. The number of allylic oxidation sites excluding steroid dienone is 1. The molecule has 0 aliphatic heterocycles. The summed E-state index contributed by atoms with van der Waals surface area (Å²) in [4.78, 5) is 0. The molecule has 0 amide bonds. The van der Waals surface area contributed by atoms with Crippen LogP contribution >= 0.6 is 0 Å². The van der Waals surface area contributed by atoms with E-state index in [2.05, 4.69) is 11.4 Å². The summed E-state index contributed by atoms with van der Waals surface area (Å²) in [7, 11) is 1.67. The van der Waals surface area contributed by atoms with Crippen LogP contribution in [0.4, 0.5) is 5.69 Å². The molecule has 13 heavy (non-hydrogen) atoms. The van der Waals surface area contributed by atoms with Crippen LogP contribution in [0.25, 0.3) is 0 Å². The van der Waals surface area contributed by atoms with E-state index in [-0.39, 0.29) is 0 Å². The highest BCUT2D eigenvalue weighted by Gasteiger charge is 1.90. The second-order valence-electron chi connectivity index (χ2n) is 2.68. The van der Waals surface area contributed by atoms with Crippen molar-refractivity contribution in [2.45, 2.75) is 6.92 Å². The fourth-order valence-electron chi connectivity index (χ4n) is 1.00. The quantitative estimate of drug-likeness (QED) is 0.714. The fourth-order valence-corrected chi connectivity index (χ4v) is 1.00. The van der Waals surface area contributed by atoms with Crippen molar-refractivity contribution in [3.8, 4) is 5.75 Å². The maximum absolute atomic E-state index is 5.05. The summed E-state index contributed by atoms with van der Waals surface area (Å²) in [6.07, 6.45) is 4.10.